The Bertz CT molecular complexity index is 781. The van der Waals surface area contributed by atoms with Gasteiger partial charge < -0.3 is 4.74 Å². The molecular formula is C17H16F6N2O. The molecule has 1 fully saturated rings. The highest BCUT2D eigenvalue weighted by atomic mass is 19.4. The van der Waals surface area contributed by atoms with Gasteiger partial charge in [0.1, 0.15) is 11.9 Å². The smallest absolute Gasteiger partial charge is 0.359 e. The number of ether oxygens (including phenoxy) is 1. The third-order valence-corrected chi connectivity index (χ3v) is 4.23. The van der Waals surface area contributed by atoms with E-state index in [1.807, 2.05) is 0 Å². The van der Waals surface area contributed by atoms with Crippen LogP contribution in [0.25, 0.3) is 10.9 Å². The first kappa shape index (κ1) is 18.9. The number of halogens is 6. The topological polar surface area (TPSA) is 34.1 Å². The summed E-state index contributed by atoms with van der Waals surface area (Å²) in [6.45, 7) is 0.495. The first-order valence-electron chi connectivity index (χ1n) is 8.08. The minimum Gasteiger partial charge on any atom is -0.359 e. The van der Waals surface area contributed by atoms with Gasteiger partial charge in [-0.1, -0.05) is 12.1 Å². The van der Waals surface area contributed by atoms with Crippen LogP contribution in [-0.2, 0) is 23.7 Å². The lowest BCUT2D eigenvalue weighted by Crippen LogP contribution is -2.36. The van der Waals surface area contributed by atoms with Crippen LogP contribution in [0.3, 0.4) is 0 Å². The summed E-state index contributed by atoms with van der Waals surface area (Å²) in [6, 6.07) is 3.96. The van der Waals surface area contributed by atoms with Gasteiger partial charge >= 0.3 is 12.4 Å². The number of hydrogen-bond donors (Lipinski definition) is 1. The van der Waals surface area contributed by atoms with Crippen molar-refractivity contribution in [3.05, 3.63) is 41.1 Å². The third-order valence-electron chi connectivity index (χ3n) is 4.23. The van der Waals surface area contributed by atoms with Crippen molar-refractivity contribution in [1.82, 2.24) is 10.3 Å². The summed E-state index contributed by atoms with van der Waals surface area (Å²) in [5.41, 5.74) is -3.25. The molecule has 0 spiro atoms. The van der Waals surface area contributed by atoms with Crippen molar-refractivity contribution in [2.45, 2.75) is 44.4 Å². The summed E-state index contributed by atoms with van der Waals surface area (Å²) in [5, 5.41) is 3.08. The molecule has 1 N–H and O–H groups in total. The molecule has 0 aliphatic carbocycles. The highest BCUT2D eigenvalue weighted by Gasteiger charge is 2.37. The van der Waals surface area contributed by atoms with E-state index in [0.717, 1.165) is 37.6 Å². The van der Waals surface area contributed by atoms with Gasteiger partial charge in [-0.25, -0.2) is 4.98 Å². The molecule has 0 amide bonds. The van der Waals surface area contributed by atoms with Gasteiger partial charge in [0, 0.05) is 5.39 Å². The van der Waals surface area contributed by atoms with Crippen LogP contribution in [0.15, 0.2) is 24.3 Å². The zero-order chi connectivity index (χ0) is 18.9. The van der Waals surface area contributed by atoms with Crippen molar-refractivity contribution in [1.29, 1.82) is 0 Å². The zero-order valence-electron chi connectivity index (χ0n) is 13.5. The van der Waals surface area contributed by atoms with E-state index < -0.39 is 29.1 Å². The van der Waals surface area contributed by atoms with Gasteiger partial charge in [-0.15, -0.1) is 0 Å². The largest absolute Gasteiger partial charge is 0.433 e. The summed E-state index contributed by atoms with van der Waals surface area (Å²) in [7, 11) is 0. The Morgan fingerprint density at radius 2 is 1.85 bits per heavy atom. The summed E-state index contributed by atoms with van der Waals surface area (Å²) in [5.74, 6) is 0. The number of benzene rings is 1. The summed E-state index contributed by atoms with van der Waals surface area (Å²) in [6.07, 6.45) is -7.40. The number of nitrogens with one attached hydrogen (secondary N) is 1. The predicted octanol–water partition coefficient (Wildman–Crippen LogP) is 4.89. The van der Waals surface area contributed by atoms with Crippen molar-refractivity contribution in [2.75, 3.05) is 6.54 Å². The molecule has 0 radical (unpaired) electrons. The van der Waals surface area contributed by atoms with Crippen LogP contribution in [0, 0.1) is 0 Å². The van der Waals surface area contributed by atoms with Crippen molar-refractivity contribution in [3.8, 4) is 0 Å². The maximum atomic E-state index is 13.2. The fraction of sp³-hybridized carbons (Fsp3) is 0.471. The normalized spacial score (nSPS) is 19.1. The third kappa shape index (κ3) is 4.09. The number of para-hydroxylation sites is 1. The van der Waals surface area contributed by atoms with Crippen LogP contribution in [0.1, 0.15) is 36.1 Å². The highest BCUT2D eigenvalue weighted by molar-refractivity contribution is 5.85. The van der Waals surface area contributed by atoms with Crippen molar-refractivity contribution < 1.29 is 31.1 Å². The molecule has 142 valence electrons. The maximum Gasteiger partial charge on any atom is 0.433 e. The molecule has 2 heterocycles. The lowest BCUT2D eigenvalue weighted by atomic mass is 10.0. The first-order valence-corrected chi connectivity index (χ1v) is 8.08. The van der Waals surface area contributed by atoms with E-state index in [4.69, 9.17) is 4.74 Å². The van der Waals surface area contributed by atoms with Crippen LogP contribution in [0.4, 0.5) is 26.3 Å². The minimum atomic E-state index is -4.86. The van der Waals surface area contributed by atoms with Gasteiger partial charge in [0.05, 0.1) is 17.7 Å². The number of alkyl halides is 6. The lowest BCUT2D eigenvalue weighted by molar-refractivity contribution is -0.142. The molecule has 0 unspecified atom stereocenters. The number of aromatic nitrogens is 1. The SMILES string of the molecule is FC(F)(F)c1cc(CO[C@H]2CCCCN2)c2cccc(C(F)(F)F)c2n1. The zero-order valence-corrected chi connectivity index (χ0v) is 13.5. The van der Waals surface area contributed by atoms with Gasteiger partial charge in [0.15, 0.2) is 0 Å². The molecule has 1 aromatic carbocycles. The molecule has 1 atom stereocenters. The summed E-state index contributed by atoms with van der Waals surface area (Å²) in [4.78, 5) is 3.25. The Labute approximate surface area is 145 Å². The Morgan fingerprint density at radius 1 is 1.08 bits per heavy atom. The average molecular weight is 378 g/mol. The summed E-state index contributed by atoms with van der Waals surface area (Å²) < 4.78 is 84.5. The van der Waals surface area contributed by atoms with E-state index in [1.165, 1.54) is 6.07 Å². The minimum absolute atomic E-state index is 0.00337. The van der Waals surface area contributed by atoms with E-state index >= 15 is 0 Å². The number of hydrogen-bond acceptors (Lipinski definition) is 3. The molecule has 1 aliphatic heterocycles. The number of rotatable bonds is 3. The van der Waals surface area contributed by atoms with Crippen LogP contribution in [0.5, 0.6) is 0 Å². The maximum absolute atomic E-state index is 13.2. The molecule has 1 saturated heterocycles. The number of fused-ring (bicyclic) bond motifs is 1. The predicted molar refractivity (Wildman–Crippen MR) is 82.2 cm³/mol. The van der Waals surface area contributed by atoms with Gasteiger partial charge in [-0.05, 0) is 43.5 Å². The van der Waals surface area contributed by atoms with Crippen LogP contribution in [0.2, 0.25) is 0 Å². The van der Waals surface area contributed by atoms with Gasteiger partial charge in [0.25, 0.3) is 0 Å². The standard InChI is InChI=1S/C17H16F6N2O/c18-16(19,20)12-5-3-4-11-10(9-26-14-6-1-2-7-24-14)8-13(17(21,22)23)25-15(11)12/h3-5,8,14,24H,1-2,6-7,9H2/t14-/m0/s1. The van der Waals surface area contributed by atoms with E-state index in [2.05, 4.69) is 10.3 Å². The van der Waals surface area contributed by atoms with E-state index in [9.17, 15) is 26.3 Å². The molecule has 0 saturated carbocycles. The molecule has 3 rings (SSSR count). The van der Waals surface area contributed by atoms with Gasteiger partial charge in [-0.2, -0.15) is 26.3 Å². The Kier molecular flexibility index (Phi) is 5.12. The van der Waals surface area contributed by atoms with Crippen LogP contribution < -0.4 is 5.32 Å². The van der Waals surface area contributed by atoms with E-state index in [-0.39, 0.29) is 23.8 Å². The molecule has 3 nitrogen and oxygen atoms in total. The molecule has 0 bridgehead atoms. The fourth-order valence-corrected chi connectivity index (χ4v) is 2.96. The molecule has 26 heavy (non-hydrogen) atoms. The van der Waals surface area contributed by atoms with Crippen molar-refractivity contribution in [3.63, 3.8) is 0 Å². The molecular weight excluding hydrogens is 362 g/mol. The molecule has 2 aromatic rings. The van der Waals surface area contributed by atoms with Crippen molar-refractivity contribution in [2.24, 2.45) is 0 Å². The van der Waals surface area contributed by atoms with Crippen LogP contribution in [-0.4, -0.2) is 17.8 Å². The number of nitrogens with zero attached hydrogens (tertiary/aromatic N) is 1. The van der Waals surface area contributed by atoms with E-state index in [0.29, 0.717) is 6.42 Å². The summed E-state index contributed by atoms with van der Waals surface area (Å²) >= 11 is 0. The molecule has 9 heteroatoms. The number of piperidine rings is 1. The van der Waals surface area contributed by atoms with Gasteiger partial charge in [0.2, 0.25) is 0 Å². The fourth-order valence-electron chi connectivity index (χ4n) is 2.96. The molecule has 1 aliphatic rings. The second-order valence-corrected chi connectivity index (χ2v) is 6.11. The number of pyridine rings is 1. The first-order chi connectivity index (χ1) is 12.2. The van der Waals surface area contributed by atoms with Crippen LogP contribution >= 0.6 is 0 Å². The van der Waals surface area contributed by atoms with Crippen molar-refractivity contribution >= 4 is 10.9 Å². The van der Waals surface area contributed by atoms with E-state index in [1.54, 1.807) is 0 Å². The average Bonchev–Trinajstić information content (AvgIpc) is 2.58. The monoisotopic (exact) mass is 378 g/mol. The van der Waals surface area contributed by atoms with Gasteiger partial charge in [-0.3, -0.25) is 5.32 Å². The Balaban J connectivity index is 2.05. The Morgan fingerprint density at radius 3 is 2.46 bits per heavy atom. The quantitative estimate of drug-likeness (QED) is 0.773. The Hall–Kier alpha value is -1.87. The lowest BCUT2D eigenvalue weighted by Gasteiger charge is -2.24. The second kappa shape index (κ2) is 7.03. The molecule has 1 aromatic heterocycles. The highest BCUT2D eigenvalue weighted by Crippen LogP contribution is 2.37. The second-order valence-electron chi connectivity index (χ2n) is 6.11.